The molecule has 1 amide bonds. The lowest BCUT2D eigenvalue weighted by atomic mass is 10.2. The van der Waals surface area contributed by atoms with Crippen LogP contribution in [-0.4, -0.2) is 74.5 Å². The van der Waals surface area contributed by atoms with Gasteiger partial charge in [-0.15, -0.1) is 0 Å². The Morgan fingerprint density at radius 2 is 1.54 bits per heavy atom. The van der Waals surface area contributed by atoms with Gasteiger partial charge in [0.25, 0.3) is 0 Å². The van der Waals surface area contributed by atoms with Crippen molar-refractivity contribution in [1.29, 1.82) is 0 Å². The molecule has 0 aromatic heterocycles. The van der Waals surface area contributed by atoms with Crippen molar-refractivity contribution in [3.05, 3.63) is 0 Å². The fourth-order valence-corrected chi connectivity index (χ4v) is 2.28. The number of thioether (sulfide) groups is 1. The fraction of sp³-hybridized carbons (Fsp3) is 0.667. The fourth-order valence-electron chi connectivity index (χ4n) is 1.05. The first-order valence-electron chi connectivity index (χ1n) is 6.68. The molecule has 0 aliphatic rings. The molecule has 0 saturated carbocycles. The molecule has 10 nitrogen and oxygen atoms in total. The Bertz CT molecular complexity index is 415. The van der Waals surface area contributed by atoms with Gasteiger partial charge in [0.1, 0.15) is 18.1 Å². The van der Waals surface area contributed by atoms with Gasteiger partial charge in [0, 0.05) is 18.4 Å². The van der Waals surface area contributed by atoms with Crippen molar-refractivity contribution < 1.29 is 34.5 Å². The molecule has 8 N–H and O–H groups in total. The molecule has 0 fully saturated rings. The molecule has 0 heterocycles. The number of rotatable bonds is 10. The van der Waals surface area contributed by atoms with E-state index in [1.54, 1.807) is 0 Å². The molecule has 3 unspecified atom stereocenters. The van der Waals surface area contributed by atoms with E-state index in [9.17, 15) is 19.2 Å². The van der Waals surface area contributed by atoms with E-state index in [1.165, 1.54) is 18.7 Å². The number of hydrogen-bond donors (Lipinski definition) is 7. The van der Waals surface area contributed by atoms with Crippen LogP contribution in [0.5, 0.6) is 0 Å². The van der Waals surface area contributed by atoms with Crippen LogP contribution >= 0.6 is 24.4 Å². The summed E-state index contributed by atoms with van der Waals surface area (Å²) in [5.74, 6) is -2.66. The van der Waals surface area contributed by atoms with Crippen LogP contribution in [0, 0.1) is 0 Å². The number of aliphatic carboxylic acids is 3. The Morgan fingerprint density at radius 1 is 1.04 bits per heavy atom. The molecule has 0 spiro atoms. The zero-order chi connectivity index (χ0) is 19.3. The minimum atomic E-state index is -1.06. The minimum absolute atomic E-state index is 0.106. The minimum Gasteiger partial charge on any atom is -0.480 e. The molecule has 0 rings (SSSR count). The predicted octanol–water partition coefficient (Wildman–Crippen LogP) is -1.56. The van der Waals surface area contributed by atoms with Crippen molar-refractivity contribution in [1.82, 2.24) is 5.32 Å². The summed E-state index contributed by atoms with van der Waals surface area (Å²) in [4.78, 5) is 41.1. The molecule has 0 radical (unpaired) electrons. The second-order valence-electron chi connectivity index (χ2n) is 4.53. The van der Waals surface area contributed by atoms with Crippen LogP contribution < -0.4 is 16.8 Å². The number of nitrogens with two attached hydrogens (primary N) is 2. The molecule has 12 heteroatoms. The maximum atomic E-state index is 10.3. The van der Waals surface area contributed by atoms with Gasteiger partial charge in [0.05, 0.1) is 0 Å². The van der Waals surface area contributed by atoms with Gasteiger partial charge in [0.2, 0.25) is 5.91 Å². The smallest absolute Gasteiger partial charge is 0.327 e. The third kappa shape index (κ3) is 14.1. The Morgan fingerprint density at radius 3 is 1.83 bits per heavy atom. The van der Waals surface area contributed by atoms with E-state index in [4.69, 9.17) is 26.8 Å². The van der Waals surface area contributed by atoms with Crippen molar-refractivity contribution >= 4 is 48.2 Å². The maximum Gasteiger partial charge on any atom is 0.327 e. The molecule has 0 aromatic carbocycles. The van der Waals surface area contributed by atoms with Gasteiger partial charge >= 0.3 is 17.9 Å². The zero-order valence-corrected chi connectivity index (χ0v) is 14.8. The first kappa shape index (κ1) is 24.7. The molecular formula is C12H23N3O7S2. The standard InChI is InChI=1S/C7H14N2O4S.C5H9NO3S/c8-4(6(10)11)1-2-14-3-5(9)7(12)13;1-3(7)6-4(2-10)5(8)9/h4-5H,1-3,8-9H2,(H,10,11)(H,12,13);4,10H,2H2,1H3,(H,6,7)(H,8,9). The van der Waals surface area contributed by atoms with Crippen molar-refractivity contribution in [2.24, 2.45) is 11.5 Å². The number of nitrogens with one attached hydrogen (secondary N) is 1. The zero-order valence-electron chi connectivity index (χ0n) is 13.0. The van der Waals surface area contributed by atoms with Crippen LogP contribution in [0.25, 0.3) is 0 Å². The SMILES string of the molecule is CC(=O)NC(CS)C(=O)O.NC(CCSCC(N)C(=O)O)C(=O)O. The van der Waals surface area contributed by atoms with Crippen molar-refractivity contribution in [2.75, 3.05) is 17.3 Å². The number of hydrogen-bond acceptors (Lipinski definition) is 8. The van der Waals surface area contributed by atoms with Crippen LogP contribution in [0.1, 0.15) is 13.3 Å². The number of carbonyl (C=O) groups is 4. The van der Waals surface area contributed by atoms with Crippen LogP contribution in [0.3, 0.4) is 0 Å². The van der Waals surface area contributed by atoms with Gasteiger partial charge in [-0.1, -0.05) is 0 Å². The van der Waals surface area contributed by atoms with Gasteiger partial charge < -0.3 is 32.1 Å². The van der Waals surface area contributed by atoms with E-state index >= 15 is 0 Å². The van der Waals surface area contributed by atoms with E-state index in [0.717, 1.165) is 0 Å². The quantitative estimate of drug-likeness (QED) is 0.171. The summed E-state index contributed by atoms with van der Waals surface area (Å²) >= 11 is 5.02. The summed E-state index contributed by atoms with van der Waals surface area (Å²) in [6.07, 6.45) is 0.312. The van der Waals surface area contributed by atoms with Gasteiger partial charge in [-0.2, -0.15) is 24.4 Å². The molecular weight excluding hydrogens is 362 g/mol. The van der Waals surface area contributed by atoms with E-state index in [-0.39, 0.29) is 17.4 Å². The third-order valence-corrected chi connectivity index (χ3v) is 3.85. The second kappa shape index (κ2) is 13.9. The number of carbonyl (C=O) groups excluding carboxylic acids is 1. The first-order chi connectivity index (χ1) is 11.0. The summed E-state index contributed by atoms with van der Waals surface area (Å²) in [7, 11) is 0. The second-order valence-corrected chi connectivity index (χ2v) is 6.04. The van der Waals surface area contributed by atoms with Gasteiger partial charge in [-0.25, -0.2) is 4.79 Å². The molecule has 0 saturated heterocycles. The molecule has 3 atom stereocenters. The predicted molar refractivity (Wildman–Crippen MR) is 92.3 cm³/mol. The van der Waals surface area contributed by atoms with E-state index in [0.29, 0.717) is 12.2 Å². The topological polar surface area (TPSA) is 193 Å². The highest BCUT2D eigenvalue weighted by Crippen LogP contribution is 2.05. The molecule has 24 heavy (non-hydrogen) atoms. The molecule has 0 aliphatic carbocycles. The Kier molecular flexibility index (Phi) is 14.3. The number of carboxylic acids is 3. The lowest BCUT2D eigenvalue weighted by Crippen LogP contribution is -2.40. The maximum absolute atomic E-state index is 10.3. The van der Waals surface area contributed by atoms with Crippen molar-refractivity contribution in [3.8, 4) is 0 Å². The van der Waals surface area contributed by atoms with Crippen LogP contribution in [-0.2, 0) is 19.2 Å². The van der Waals surface area contributed by atoms with Crippen molar-refractivity contribution in [2.45, 2.75) is 31.5 Å². The normalized spacial score (nSPS) is 13.7. The van der Waals surface area contributed by atoms with Gasteiger partial charge in [-0.3, -0.25) is 14.4 Å². The highest BCUT2D eigenvalue weighted by molar-refractivity contribution is 7.99. The van der Waals surface area contributed by atoms with Gasteiger partial charge in [0.15, 0.2) is 0 Å². The molecule has 140 valence electrons. The Balaban J connectivity index is 0. The van der Waals surface area contributed by atoms with E-state index in [2.05, 4.69) is 17.9 Å². The summed E-state index contributed by atoms with van der Waals surface area (Å²) in [6.45, 7) is 1.26. The van der Waals surface area contributed by atoms with Crippen molar-refractivity contribution in [3.63, 3.8) is 0 Å². The summed E-state index contributed by atoms with van der Waals surface area (Å²) in [5.41, 5.74) is 10.5. The third-order valence-electron chi connectivity index (χ3n) is 2.36. The Labute approximate surface area is 148 Å². The van der Waals surface area contributed by atoms with Crippen LogP contribution in [0.4, 0.5) is 0 Å². The van der Waals surface area contributed by atoms with E-state index < -0.39 is 36.0 Å². The highest BCUT2D eigenvalue weighted by atomic mass is 32.2. The average Bonchev–Trinajstić information content (AvgIpc) is 2.48. The lowest BCUT2D eigenvalue weighted by molar-refractivity contribution is -0.141. The Hall–Kier alpha value is -1.50. The number of amides is 1. The average molecular weight is 385 g/mol. The molecule has 0 aliphatic heterocycles. The molecule has 0 bridgehead atoms. The first-order valence-corrected chi connectivity index (χ1v) is 8.46. The van der Waals surface area contributed by atoms with Gasteiger partial charge in [-0.05, 0) is 12.2 Å². The summed E-state index contributed by atoms with van der Waals surface area (Å²) in [5, 5.41) is 27.4. The summed E-state index contributed by atoms with van der Waals surface area (Å²) in [6, 6.07) is -2.66. The van der Waals surface area contributed by atoms with Crippen LogP contribution in [0.15, 0.2) is 0 Å². The van der Waals surface area contributed by atoms with Crippen LogP contribution in [0.2, 0.25) is 0 Å². The highest BCUT2D eigenvalue weighted by Gasteiger charge is 2.15. The largest absolute Gasteiger partial charge is 0.480 e. The number of thiol groups is 1. The summed E-state index contributed by atoms with van der Waals surface area (Å²) < 4.78 is 0. The monoisotopic (exact) mass is 385 g/mol. The van der Waals surface area contributed by atoms with E-state index in [1.807, 2.05) is 0 Å². The number of carboxylic acid groups (broad SMARTS) is 3. The molecule has 0 aromatic rings. The lowest BCUT2D eigenvalue weighted by Gasteiger charge is -2.08.